The minimum atomic E-state index is -4.51. The van der Waals surface area contributed by atoms with Crippen LogP contribution in [0, 0.1) is 0 Å². The van der Waals surface area contributed by atoms with E-state index in [9.17, 15) is 13.2 Å². The van der Waals surface area contributed by atoms with Crippen LogP contribution in [0.15, 0.2) is 30.5 Å². The van der Waals surface area contributed by atoms with Crippen molar-refractivity contribution in [1.82, 2.24) is 4.98 Å². The summed E-state index contributed by atoms with van der Waals surface area (Å²) in [6.07, 6.45) is -3.19. The van der Waals surface area contributed by atoms with Crippen molar-refractivity contribution in [3.8, 4) is 17.0 Å². The average molecular weight is 322 g/mol. The molecule has 0 fully saturated rings. The van der Waals surface area contributed by atoms with Gasteiger partial charge in [0.1, 0.15) is 5.02 Å². The number of rotatable bonds is 2. The molecule has 0 N–H and O–H groups in total. The van der Waals surface area contributed by atoms with Crippen LogP contribution in [0.2, 0.25) is 10.0 Å². The van der Waals surface area contributed by atoms with Gasteiger partial charge in [-0.3, -0.25) is 0 Å². The van der Waals surface area contributed by atoms with Crippen LogP contribution in [0.3, 0.4) is 0 Å². The Morgan fingerprint density at radius 1 is 1.10 bits per heavy atom. The van der Waals surface area contributed by atoms with Crippen LogP contribution in [0.4, 0.5) is 13.2 Å². The summed E-state index contributed by atoms with van der Waals surface area (Å²) in [5.74, 6) is 0.0530. The number of aromatic nitrogens is 1. The van der Waals surface area contributed by atoms with Gasteiger partial charge in [-0.2, -0.15) is 13.2 Å². The van der Waals surface area contributed by atoms with Crippen molar-refractivity contribution in [2.24, 2.45) is 0 Å². The smallest absolute Gasteiger partial charge is 0.417 e. The van der Waals surface area contributed by atoms with E-state index in [1.54, 1.807) is 0 Å². The van der Waals surface area contributed by atoms with E-state index in [2.05, 4.69) is 4.98 Å². The summed E-state index contributed by atoms with van der Waals surface area (Å²) in [6, 6.07) is 4.69. The SMILES string of the molecule is COc1nccc(-c2cc(Cl)ccc2C(F)(F)F)c1Cl. The fraction of sp³-hybridized carbons (Fsp3) is 0.154. The Labute approximate surface area is 123 Å². The van der Waals surface area contributed by atoms with E-state index in [-0.39, 0.29) is 27.1 Å². The highest BCUT2D eigenvalue weighted by atomic mass is 35.5. The quantitative estimate of drug-likeness (QED) is 0.769. The van der Waals surface area contributed by atoms with Gasteiger partial charge in [-0.1, -0.05) is 23.2 Å². The number of halogens is 5. The van der Waals surface area contributed by atoms with E-state index < -0.39 is 11.7 Å². The van der Waals surface area contributed by atoms with Crippen LogP contribution in [-0.2, 0) is 6.18 Å². The lowest BCUT2D eigenvalue weighted by Gasteiger charge is -2.15. The van der Waals surface area contributed by atoms with Gasteiger partial charge in [0.2, 0.25) is 5.88 Å². The largest absolute Gasteiger partial charge is 0.480 e. The Bertz CT molecular complexity index is 644. The Kier molecular flexibility index (Phi) is 4.11. The molecule has 0 aliphatic rings. The molecule has 2 rings (SSSR count). The predicted octanol–water partition coefficient (Wildman–Crippen LogP) is 5.08. The zero-order valence-electron chi connectivity index (χ0n) is 10.1. The van der Waals surface area contributed by atoms with Crippen molar-refractivity contribution in [1.29, 1.82) is 0 Å². The van der Waals surface area contributed by atoms with Gasteiger partial charge in [-0.25, -0.2) is 4.98 Å². The van der Waals surface area contributed by atoms with Crippen LogP contribution < -0.4 is 4.74 Å². The first kappa shape index (κ1) is 14.9. The van der Waals surface area contributed by atoms with E-state index in [1.807, 2.05) is 0 Å². The second-order valence-corrected chi connectivity index (χ2v) is 4.68. The standard InChI is InChI=1S/C13H8Cl2F3NO/c1-20-12-11(15)8(4-5-19-12)9-6-7(14)2-3-10(9)13(16,17)18/h2-6H,1H3. The maximum absolute atomic E-state index is 13.0. The highest BCUT2D eigenvalue weighted by Crippen LogP contribution is 2.42. The molecule has 0 spiro atoms. The molecule has 0 atom stereocenters. The summed E-state index contributed by atoms with van der Waals surface area (Å²) >= 11 is 11.8. The first-order valence-electron chi connectivity index (χ1n) is 5.40. The summed E-state index contributed by atoms with van der Waals surface area (Å²) < 4.78 is 44.0. The molecule has 7 heteroatoms. The van der Waals surface area contributed by atoms with Gasteiger partial charge >= 0.3 is 6.18 Å². The molecule has 1 aromatic heterocycles. The van der Waals surface area contributed by atoms with Crippen LogP contribution in [0.25, 0.3) is 11.1 Å². The van der Waals surface area contributed by atoms with Crippen molar-refractivity contribution in [2.45, 2.75) is 6.18 Å². The molecule has 1 aromatic carbocycles. The minimum absolute atomic E-state index is 0.00256. The molecule has 0 bridgehead atoms. The zero-order chi connectivity index (χ0) is 14.9. The van der Waals surface area contributed by atoms with Crippen LogP contribution in [0.5, 0.6) is 5.88 Å². The molecule has 106 valence electrons. The summed E-state index contributed by atoms with van der Waals surface area (Å²) in [5, 5.41) is 0.183. The van der Waals surface area contributed by atoms with Gasteiger partial charge in [-0.15, -0.1) is 0 Å². The predicted molar refractivity (Wildman–Crippen MR) is 71.2 cm³/mol. The lowest BCUT2D eigenvalue weighted by atomic mass is 10.00. The summed E-state index contributed by atoms with van der Waals surface area (Å²) in [6.45, 7) is 0. The first-order valence-corrected chi connectivity index (χ1v) is 6.16. The zero-order valence-corrected chi connectivity index (χ0v) is 11.6. The lowest BCUT2D eigenvalue weighted by Crippen LogP contribution is -2.07. The van der Waals surface area contributed by atoms with Gasteiger partial charge in [0.05, 0.1) is 12.7 Å². The summed E-state index contributed by atoms with van der Waals surface area (Å²) in [4.78, 5) is 3.83. The van der Waals surface area contributed by atoms with Crippen molar-refractivity contribution in [2.75, 3.05) is 7.11 Å². The molecule has 0 saturated heterocycles. The number of hydrogen-bond donors (Lipinski definition) is 0. The normalized spacial score (nSPS) is 11.5. The van der Waals surface area contributed by atoms with Gasteiger partial charge in [-0.05, 0) is 29.8 Å². The van der Waals surface area contributed by atoms with Gasteiger partial charge < -0.3 is 4.74 Å². The third-order valence-corrected chi connectivity index (χ3v) is 3.23. The molecule has 0 saturated carbocycles. The topological polar surface area (TPSA) is 22.1 Å². The summed E-state index contributed by atoms with van der Waals surface area (Å²) in [7, 11) is 1.33. The molecule has 0 radical (unpaired) electrons. The summed E-state index contributed by atoms with van der Waals surface area (Å²) in [5.41, 5.74) is -0.777. The highest BCUT2D eigenvalue weighted by molar-refractivity contribution is 6.35. The Morgan fingerprint density at radius 3 is 2.40 bits per heavy atom. The van der Waals surface area contributed by atoms with Gasteiger partial charge in [0.15, 0.2) is 0 Å². The molecular weight excluding hydrogens is 314 g/mol. The number of pyridine rings is 1. The molecule has 0 aliphatic heterocycles. The van der Waals surface area contributed by atoms with E-state index in [0.717, 1.165) is 6.07 Å². The van der Waals surface area contributed by atoms with Crippen LogP contribution in [-0.4, -0.2) is 12.1 Å². The Balaban J connectivity index is 2.72. The van der Waals surface area contributed by atoms with E-state index in [4.69, 9.17) is 27.9 Å². The first-order chi connectivity index (χ1) is 9.34. The van der Waals surface area contributed by atoms with Crippen molar-refractivity contribution < 1.29 is 17.9 Å². The Hall–Kier alpha value is -1.46. The van der Waals surface area contributed by atoms with Crippen molar-refractivity contribution in [3.05, 3.63) is 46.1 Å². The molecule has 0 unspecified atom stereocenters. The Morgan fingerprint density at radius 2 is 1.80 bits per heavy atom. The van der Waals surface area contributed by atoms with Gasteiger partial charge in [0.25, 0.3) is 0 Å². The van der Waals surface area contributed by atoms with Crippen LogP contribution in [0.1, 0.15) is 5.56 Å². The molecule has 20 heavy (non-hydrogen) atoms. The van der Waals surface area contributed by atoms with E-state index in [1.165, 1.54) is 31.5 Å². The maximum Gasteiger partial charge on any atom is 0.417 e. The number of methoxy groups -OCH3 is 1. The number of benzene rings is 1. The number of hydrogen-bond acceptors (Lipinski definition) is 2. The third kappa shape index (κ3) is 2.83. The average Bonchev–Trinajstić information content (AvgIpc) is 2.37. The second-order valence-electron chi connectivity index (χ2n) is 3.87. The molecule has 2 nitrogen and oxygen atoms in total. The number of nitrogens with zero attached hydrogens (tertiary/aromatic N) is 1. The minimum Gasteiger partial charge on any atom is -0.480 e. The maximum atomic E-state index is 13.0. The molecule has 0 amide bonds. The highest BCUT2D eigenvalue weighted by Gasteiger charge is 2.34. The van der Waals surface area contributed by atoms with Gasteiger partial charge in [0, 0.05) is 16.8 Å². The second kappa shape index (κ2) is 5.50. The lowest BCUT2D eigenvalue weighted by molar-refractivity contribution is -0.137. The monoisotopic (exact) mass is 321 g/mol. The fourth-order valence-electron chi connectivity index (χ4n) is 1.76. The number of ether oxygens (including phenoxy) is 1. The van der Waals surface area contributed by atoms with Crippen molar-refractivity contribution >= 4 is 23.2 Å². The van der Waals surface area contributed by atoms with Crippen molar-refractivity contribution in [3.63, 3.8) is 0 Å². The molecule has 1 heterocycles. The molecular formula is C13H8Cl2F3NO. The van der Waals surface area contributed by atoms with Crippen LogP contribution >= 0.6 is 23.2 Å². The number of alkyl halides is 3. The third-order valence-electron chi connectivity index (χ3n) is 2.63. The van der Waals surface area contributed by atoms with E-state index >= 15 is 0 Å². The van der Waals surface area contributed by atoms with E-state index in [0.29, 0.717) is 0 Å². The fourth-order valence-corrected chi connectivity index (χ4v) is 2.22. The molecule has 0 aliphatic carbocycles. The molecule has 2 aromatic rings.